The molecule has 0 spiro atoms. The van der Waals surface area contributed by atoms with Crippen molar-refractivity contribution in [3.8, 4) is 0 Å². The molecule has 0 saturated heterocycles. The van der Waals surface area contributed by atoms with E-state index in [-0.39, 0.29) is 23.9 Å². The number of aromatic amines is 1. The lowest BCUT2D eigenvalue weighted by Gasteiger charge is -2.14. The highest BCUT2D eigenvalue weighted by molar-refractivity contribution is 5.81. The molecule has 3 rings (SSSR count). The van der Waals surface area contributed by atoms with Crippen LogP contribution in [-0.4, -0.2) is 20.7 Å². The standard InChI is InChI=1S/C17H16N4O3/c1-11(12-6-8-18-9-7-12)19-15(22)10-21-17(24)14-5-3-2-4-13(14)16(23)20-21/h2-9,11H,10H2,1H3,(H,19,22)(H,20,23). The second-order valence-corrected chi connectivity index (χ2v) is 5.45. The molecule has 1 amide bonds. The van der Waals surface area contributed by atoms with Crippen molar-refractivity contribution in [1.29, 1.82) is 0 Å². The molecule has 7 nitrogen and oxygen atoms in total. The van der Waals surface area contributed by atoms with Crippen LogP contribution in [0.2, 0.25) is 0 Å². The van der Waals surface area contributed by atoms with E-state index in [0.29, 0.717) is 5.39 Å². The topological polar surface area (TPSA) is 96.9 Å². The van der Waals surface area contributed by atoms with E-state index in [1.54, 1.807) is 48.8 Å². The van der Waals surface area contributed by atoms with Gasteiger partial charge >= 0.3 is 0 Å². The normalized spacial score (nSPS) is 12.0. The largest absolute Gasteiger partial charge is 0.348 e. The number of rotatable bonds is 4. The van der Waals surface area contributed by atoms with E-state index < -0.39 is 11.1 Å². The second kappa shape index (κ2) is 6.49. The van der Waals surface area contributed by atoms with E-state index in [4.69, 9.17) is 0 Å². The second-order valence-electron chi connectivity index (χ2n) is 5.45. The van der Waals surface area contributed by atoms with Gasteiger partial charge in [-0.15, -0.1) is 0 Å². The van der Waals surface area contributed by atoms with Gasteiger partial charge in [0.25, 0.3) is 11.1 Å². The Morgan fingerprint density at radius 2 is 1.83 bits per heavy atom. The number of amides is 1. The van der Waals surface area contributed by atoms with Crippen LogP contribution in [0.5, 0.6) is 0 Å². The number of nitrogens with zero attached hydrogens (tertiary/aromatic N) is 2. The lowest BCUT2D eigenvalue weighted by Crippen LogP contribution is -2.37. The average Bonchev–Trinajstić information content (AvgIpc) is 2.60. The Morgan fingerprint density at radius 1 is 1.17 bits per heavy atom. The van der Waals surface area contributed by atoms with Crippen molar-refractivity contribution >= 4 is 16.7 Å². The van der Waals surface area contributed by atoms with Crippen LogP contribution in [0.3, 0.4) is 0 Å². The van der Waals surface area contributed by atoms with Crippen molar-refractivity contribution in [2.45, 2.75) is 19.5 Å². The quantitative estimate of drug-likeness (QED) is 0.747. The van der Waals surface area contributed by atoms with Gasteiger partial charge in [0.1, 0.15) is 6.54 Å². The molecule has 0 aliphatic heterocycles. The van der Waals surface area contributed by atoms with Crippen LogP contribution < -0.4 is 16.4 Å². The first kappa shape index (κ1) is 15.7. The number of nitrogens with one attached hydrogen (secondary N) is 2. The molecule has 2 heterocycles. The summed E-state index contributed by atoms with van der Waals surface area (Å²) in [6.07, 6.45) is 3.28. The fourth-order valence-corrected chi connectivity index (χ4v) is 2.52. The fraction of sp³-hybridized carbons (Fsp3) is 0.176. The number of hydrogen-bond donors (Lipinski definition) is 2. The molecular weight excluding hydrogens is 308 g/mol. The van der Waals surface area contributed by atoms with Crippen molar-refractivity contribution in [1.82, 2.24) is 20.1 Å². The summed E-state index contributed by atoms with van der Waals surface area (Å²) in [5.74, 6) is -0.368. The Morgan fingerprint density at radius 3 is 2.54 bits per heavy atom. The minimum absolute atomic E-state index is 0.233. The Labute approximate surface area is 137 Å². The van der Waals surface area contributed by atoms with Crippen LogP contribution >= 0.6 is 0 Å². The van der Waals surface area contributed by atoms with Gasteiger partial charge in [-0.05, 0) is 36.8 Å². The summed E-state index contributed by atoms with van der Waals surface area (Å²) < 4.78 is 1.03. The van der Waals surface area contributed by atoms with Gasteiger partial charge in [0.15, 0.2) is 0 Å². The molecule has 0 saturated carbocycles. The Bertz CT molecular complexity index is 992. The van der Waals surface area contributed by atoms with Crippen molar-refractivity contribution in [2.75, 3.05) is 0 Å². The molecule has 122 valence electrons. The lowest BCUT2D eigenvalue weighted by atomic mass is 10.1. The van der Waals surface area contributed by atoms with Crippen LogP contribution in [0.4, 0.5) is 0 Å². The zero-order valence-corrected chi connectivity index (χ0v) is 13.0. The Hall–Kier alpha value is -3.22. The van der Waals surface area contributed by atoms with E-state index in [9.17, 15) is 14.4 Å². The highest BCUT2D eigenvalue weighted by Crippen LogP contribution is 2.09. The Balaban J connectivity index is 1.82. The zero-order chi connectivity index (χ0) is 17.1. The highest BCUT2D eigenvalue weighted by atomic mass is 16.2. The molecule has 24 heavy (non-hydrogen) atoms. The van der Waals surface area contributed by atoms with Gasteiger partial charge < -0.3 is 5.32 Å². The summed E-state index contributed by atoms with van der Waals surface area (Å²) >= 11 is 0. The van der Waals surface area contributed by atoms with E-state index in [1.165, 1.54) is 0 Å². The van der Waals surface area contributed by atoms with Gasteiger partial charge in [0.05, 0.1) is 16.8 Å². The monoisotopic (exact) mass is 324 g/mol. The smallest absolute Gasteiger partial charge is 0.273 e. The van der Waals surface area contributed by atoms with Gasteiger partial charge in [-0.2, -0.15) is 0 Å². The summed E-state index contributed by atoms with van der Waals surface area (Å²) in [7, 11) is 0. The number of fused-ring (bicyclic) bond motifs is 1. The minimum Gasteiger partial charge on any atom is -0.348 e. The average molecular weight is 324 g/mol. The van der Waals surface area contributed by atoms with Gasteiger partial charge in [-0.1, -0.05) is 12.1 Å². The predicted octanol–water partition coefficient (Wildman–Crippen LogP) is 0.962. The molecule has 0 radical (unpaired) electrons. The molecule has 3 aromatic rings. The SMILES string of the molecule is CC(NC(=O)Cn1[nH]c(=O)c2ccccc2c1=O)c1ccncc1. The Kier molecular flexibility index (Phi) is 4.24. The number of aromatic nitrogens is 3. The molecule has 7 heteroatoms. The molecule has 2 N–H and O–H groups in total. The molecular formula is C17H16N4O3. The van der Waals surface area contributed by atoms with Crippen molar-refractivity contribution < 1.29 is 4.79 Å². The maximum atomic E-state index is 12.4. The maximum absolute atomic E-state index is 12.4. The summed E-state index contributed by atoms with van der Waals surface area (Å²) in [5, 5.41) is 5.83. The molecule has 1 unspecified atom stereocenters. The van der Waals surface area contributed by atoms with Crippen LogP contribution in [0.25, 0.3) is 10.8 Å². The van der Waals surface area contributed by atoms with E-state index >= 15 is 0 Å². The first-order valence-corrected chi connectivity index (χ1v) is 7.47. The molecule has 0 bridgehead atoms. The van der Waals surface area contributed by atoms with Gasteiger partial charge in [-0.3, -0.25) is 24.5 Å². The van der Waals surface area contributed by atoms with Crippen LogP contribution in [0.1, 0.15) is 18.5 Å². The molecule has 0 aliphatic rings. The first-order chi connectivity index (χ1) is 11.6. The summed E-state index contributed by atoms with van der Waals surface area (Å²) in [4.78, 5) is 40.5. The molecule has 0 aliphatic carbocycles. The zero-order valence-electron chi connectivity index (χ0n) is 13.0. The fourth-order valence-electron chi connectivity index (χ4n) is 2.52. The first-order valence-electron chi connectivity index (χ1n) is 7.47. The summed E-state index contributed by atoms with van der Waals surface area (Å²) in [5.41, 5.74) is 0.0924. The highest BCUT2D eigenvalue weighted by Gasteiger charge is 2.13. The third-order valence-electron chi connectivity index (χ3n) is 3.77. The van der Waals surface area contributed by atoms with Crippen molar-refractivity contribution in [2.24, 2.45) is 0 Å². The number of hydrogen-bond acceptors (Lipinski definition) is 4. The maximum Gasteiger partial charge on any atom is 0.273 e. The van der Waals surface area contributed by atoms with Gasteiger partial charge in [0.2, 0.25) is 5.91 Å². The third kappa shape index (κ3) is 3.10. The van der Waals surface area contributed by atoms with Crippen LogP contribution in [0, 0.1) is 0 Å². The third-order valence-corrected chi connectivity index (χ3v) is 3.77. The molecule has 1 aromatic carbocycles. The number of benzene rings is 1. The van der Waals surface area contributed by atoms with E-state index in [1.807, 2.05) is 6.92 Å². The lowest BCUT2D eigenvalue weighted by molar-refractivity contribution is -0.122. The van der Waals surface area contributed by atoms with Crippen LogP contribution in [0.15, 0.2) is 58.4 Å². The summed E-state index contributed by atoms with van der Waals surface area (Å²) in [6, 6.07) is 9.88. The predicted molar refractivity (Wildman–Crippen MR) is 89.6 cm³/mol. The van der Waals surface area contributed by atoms with Gasteiger partial charge in [0, 0.05) is 12.4 Å². The van der Waals surface area contributed by atoms with Crippen LogP contribution in [-0.2, 0) is 11.3 Å². The van der Waals surface area contributed by atoms with Crippen molar-refractivity contribution in [3.05, 3.63) is 75.1 Å². The summed E-state index contributed by atoms with van der Waals surface area (Å²) in [6.45, 7) is 1.58. The minimum atomic E-state index is -0.406. The molecule has 1 atom stereocenters. The molecule has 2 aromatic heterocycles. The van der Waals surface area contributed by atoms with E-state index in [0.717, 1.165) is 10.2 Å². The number of pyridine rings is 1. The van der Waals surface area contributed by atoms with Crippen molar-refractivity contribution in [3.63, 3.8) is 0 Å². The number of carbonyl (C=O) groups excluding carboxylic acids is 1. The number of carbonyl (C=O) groups is 1. The van der Waals surface area contributed by atoms with Gasteiger partial charge in [-0.25, -0.2) is 4.68 Å². The number of H-pyrrole nitrogens is 1. The van der Waals surface area contributed by atoms with E-state index in [2.05, 4.69) is 15.4 Å². The molecule has 0 fully saturated rings.